The van der Waals surface area contributed by atoms with Gasteiger partial charge < -0.3 is 14.5 Å². The molecule has 5 nitrogen and oxygen atoms in total. The molecule has 29 heavy (non-hydrogen) atoms. The standard InChI is InChI=1S/C21H21Cl2FN2O3/c1-14(29-19-8-7-15(22)13-17(19)23)20(27)25-9-4-10-26(12-11-25)21(28)16-5-2-3-6-18(16)24/h2-3,5-8,13-14H,4,9-12H2,1H3. The average molecular weight is 439 g/mol. The van der Waals surface area contributed by atoms with Crippen molar-refractivity contribution < 1.29 is 18.7 Å². The second-order valence-corrected chi connectivity index (χ2v) is 7.63. The molecule has 0 spiro atoms. The van der Waals surface area contributed by atoms with E-state index >= 15 is 0 Å². The Morgan fingerprint density at radius 3 is 2.45 bits per heavy atom. The summed E-state index contributed by atoms with van der Waals surface area (Å²) in [6, 6.07) is 10.7. The van der Waals surface area contributed by atoms with Gasteiger partial charge in [-0.15, -0.1) is 0 Å². The Labute approximate surface area is 178 Å². The van der Waals surface area contributed by atoms with Crippen LogP contribution >= 0.6 is 23.2 Å². The number of amides is 2. The summed E-state index contributed by atoms with van der Waals surface area (Å²) in [5, 5.41) is 0.808. The van der Waals surface area contributed by atoms with Gasteiger partial charge in [-0.3, -0.25) is 9.59 Å². The molecule has 0 saturated carbocycles. The van der Waals surface area contributed by atoms with Crippen LogP contribution in [0, 0.1) is 5.82 Å². The Bertz CT molecular complexity index is 909. The summed E-state index contributed by atoms with van der Waals surface area (Å²) >= 11 is 12.0. The van der Waals surface area contributed by atoms with E-state index in [9.17, 15) is 14.0 Å². The van der Waals surface area contributed by atoms with Gasteiger partial charge in [-0.25, -0.2) is 4.39 Å². The lowest BCUT2D eigenvalue weighted by atomic mass is 10.2. The van der Waals surface area contributed by atoms with Crippen molar-refractivity contribution >= 4 is 35.0 Å². The van der Waals surface area contributed by atoms with E-state index in [1.807, 2.05) is 0 Å². The van der Waals surface area contributed by atoms with Gasteiger partial charge in [0.05, 0.1) is 10.6 Å². The monoisotopic (exact) mass is 438 g/mol. The Morgan fingerprint density at radius 1 is 1.03 bits per heavy atom. The van der Waals surface area contributed by atoms with Crippen LogP contribution in [0.1, 0.15) is 23.7 Å². The van der Waals surface area contributed by atoms with E-state index < -0.39 is 11.9 Å². The van der Waals surface area contributed by atoms with Crippen molar-refractivity contribution in [1.82, 2.24) is 9.80 Å². The lowest BCUT2D eigenvalue weighted by Crippen LogP contribution is -2.43. The van der Waals surface area contributed by atoms with Crippen LogP contribution in [0.5, 0.6) is 5.75 Å². The van der Waals surface area contributed by atoms with Crippen molar-refractivity contribution in [1.29, 1.82) is 0 Å². The maximum atomic E-state index is 13.9. The molecule has 1 unspecified atom stereocenters. The zero-order valence-corrected chi connectivity index (χ0v) is 17.4. The van der Waals surface area contributed by atoms with E-state index in [4.69, 9.17) is 27.9 Å². The summed E-state index contributed by atoms with van der Waals surface area (Å²) in [4.78, 5) is 28.7. The maximum absolute atomic E-state index is 13.9. The third-order valence-corrected chi connectivity index (χ3v) is 5.27. The van der Waals surface area contributed by atoms with Crippen LogP contribution in [0.25, 0.3) is 0 Å². The molecule has 2 aromatic carbocycles. The maximum Gasteiger partial charge on any atom is 0.263 e. The highest BCUT2D eigenvalue weighted by molar-refractivity contribution is 6.35. The number of ether oxygens (including phenoxy) is 1. The minimum Gasteiger partial charge on any atom is -0.479 e. The molecule has 0 radical (unpaired) electrons. The van der Waals surface area contributed by atoms with Crippen LogP contribution in [0.4, 0.5) is 4.39 Å². The van der Waals surface area contributed by atoms with E-state index in [-0.39, 0.29) is 17.4 Å². The molecule has 2 aromatic rings. The van der Waals surface area contributed by atoms with Crippen molar-refractivity contribution in [3.63, 3.8) is 0 Å². The minimum absolute atomic E-state index is 0.0429. The summed E-state index contributed by atoms with van der Waals surface area (Å²) in [5.41, 5.74) is 0.0429. The normalized spacial score (nSPS) is 15.6. The van der Waals surface area contributed by atoms with E-state index in [0.717, 1.165) is 0 Å². The molecule has 154 valence electrons. The van der Waals surface area contributed by atoms with E-state index in [1.165, 1.54) is 12.1 Å². The highest BCUT2D eigenvalue weighted by Gasteiger charge is 2.27. The van der Waals surface area contributed by atoms with Crippen molar-refractivity contribution in [2.45, 2.75) is 19.4 Å². The fourth-order valence-corrected chi connectivity index (χ4v) is 3.67. The Morgan fingerprint density at radius 2 is 1.72 bits per heavy atom. The van der Waals surface area contributed by atoms with Gasteiger partial charge in [0.25, 0.3) is 11.8 Å². The predicted molar refractivity (Wildman–Crippen MR) is 110 cm³/mol. The van der Waals surface area contributed by atoms with Gasteiger partial charge in [-0.2, -0.15) is 0 Å². The number of rotatable bonds is 4. The molecule has 0 bridgehead atoms. The van der Waals surface area contributed by atoms with Crippen LogP contribution in [-0.4, -0.2) is 53.9 Å². The lowest BCUT2D eigenvalue weighted by molar-refractivity contribution is -0.137. The third kappa shape index (κ3) is 5.19. The van der Waals surface area contributed by atoms with Crippen molar-refractivity contribution in [2.24, 2.45) is 0 Å². The molecule has 2 amide bonds. The van der Waals surface area contributed by atoms with Crippen molar-refractivity contribution in [2.75, 3.05) is 26.2 Å². The fraction of sp³-hybridized carbons (Fsp3) is 0.333. The van der Waals surface area contributed by atoms with Crippen LogP contribution in [0.15, 0.2) is 42.5 Å². The second-order valence-electron chi connectivity index (χ2n) is 6.79. The molecule has 3 rings (SSSR count). The van der Waals surface area contributed by atoms with Gasteiger partial charge in [0.15, 0.2) is 6.10 Å². The quantitative estimate of drug-likeness (QED) is 0.715. The lowest BCUT2D eigenvalue weighted by Gasteiger charge is -2.25. The summed E-state index contributed by atoms with van der Waals surface area (Å²) in [6.45, 7) is 3.27. The molecule has 1 fully saturated rings. The Balaban J connectivity index is 1.61. The first kappa shape index (κ1) is 21.4. The highest BCUT2D eigenvalue weighted by Crippen LogP contribution is 2.28. The van der Waals surface area contributed by atoms with E-state index in [0.29, 0.717) is 48.4 Å². The van der Waals surface area contributed by atoms with Crippen LogP contribution in [0.3, 0.4) is 0 Å². The molecule has 1 heterocycles. The van der Waals surface area contributed by atoms with Crippen molar-refractivity contribution in [3.8, 4) is 5.75 Å². The van der Waals surface area contributed by atoms with Gasteiger partial charge in [0, 0.05) is 31.2 Å². The van der Waals surface area contributed by atoms with Crippen molar-refractivity contribution in [3.05, 3.63) is 63.9 Å². The molecular formula is C21H21Cl2FN2O3. The topological polar surface area (TPSA) is 49.9 Å². The number of carbonyl (C=O) groups is 2. The Hall–Kier alpha value is -2.31. The molecule has 8 heteroatoms. The molecule has 1 atom stereocenters. The zero-order chi connectivity index (χ0) is 21.0. The number of carbonyl (C=O) groups excluding carboxylic acids is 2. The molecule has 0 N–H and O–H groups in total. The first-order valence-electron chi connectivity index (χ1n) is 9.31. The highest BCUT2D eigenvalue weighted by atomic mass is 35.5. The van der Waals surface area contributed by atoms with Crippen LogP contribution < -0.4 is 4.74 Å². The number of hydrogen-bond acceptors (Lipinski definition) is 3. The van der Waals surface area contributed by atoms with E-state index in [2.05, 4.69) is 0 Å². The summed E-state index contributed by atoms with van der Waals surface area (Å²) < 4.78 is 19.6. The third-order valence-electron chi connectivity index (χ3n) is 4.74. The fourth-order valence-electron chi connectivity index (χ4n) is 3.21. The molecular weight excluding hydrogens is 418 g/mol. The number of hydrogen-bond donors (Lipinski definition) is 0. The molecule has 1 aliphatic rings. The van der Waals surface area contributed by atoms with Gasteiger partial charge in [0.2, 0.25) is 0 Å². The Kier molecular flexibility index (Phi) is 6.98. The van der Waals surface area contributed by atoms with Gasteiger partial charge in [0.1, 0.15) is 11.6 Å². The van der Waals surface area contributed by atoms with Gasteiger partial charge in [-0.05, 0) is 43.7 Å². The van der Waals surface area contributed by atoms with Crippen LogP contribution in [0.2, 0.25) is 10.0 Å². The first-order valence-corrected chi connectivity index (χ1v) is 10.1. The molecule has 1 aliphatic heterocycles. The summed E-state index contributed by atoms with van der Waals surface area (Å²) in [6.07, 6.45) is -0.150. The largest absolute Gasteiger partial charge is 0.479 e. The molecule has 0 aromatic heterocycles. The smallest absolute Gasteiger partial charge is 0.263 e. The van der Waals surface area contributed by atoms with Crippen LogP contribution in [-0.2, 0) is 4.79 Å². The number of benzene rings is 2. The second kappa shape index (κ2) is 9.46. The van der Waals surface area contributed by atoms with Gasteiger partial charge in [-0.1, -0.05) is 35.3 Å². The molecule has 0 aliphatic carbocycles. The first-order chi connectivity index (χ1) is 13.9. The SMILES string of the molecule is CC(Oc1ccc(Cl)cc1Cl)C(=O)N1CCCN(C(=O)c2ccccc2F)CC1. The molecule has 1 saturated heterocycles. The predicted octanol–water partition coefficient (Wildman–Crippen LogP) is 4.27. The zero-order valence-electron chi connectivity index (χ0n) is 15.9. The minimum atomic E-state index is -0.748. The average Bonchev–Trinajstić information content (AvgIpc) is 2.95. The summed E-state index contributed by atoms with van der Waals surface area (Å²) in [5.74, 6) is -0.731. The van der Waals surface area contributed by atoms with E-state index in [1.54, 1.807) is 47.1 Å². The summed E-state index contributed by atoms with van der Waals surface area (Å²) in [7, 11) is 0. The number of halogens is 3. The van der Waals surface area contributed by atoms with Gasteiger partial charge >= 0.3 is 0 Å². The number of nitrogens with zero attached hydrogens (tertiary/aromatic N) is 2.